The summed E-state index contributed by atoms with van der Waals surface area (Å²) in [6.45, 7) is 7.15. The minimum Gasteiger partial charge on any atom is -0.300 e. The molecule has 1 saturated heterocycles. The summed E-state index contributed by atoms with van der Waals surface area (Å²) in [5, 5.41) is 4.67. The summed E-state index contributed by atoms with van der Waals surface area (Å²) in [5.74, 6) is 0.718. The summed E-state index contributed by atoms with van der Waals surface area (Å²) in [6, 6.07) is 1.54. The summed E-state index contributed by atoms with van der Waals surface area (Å²) < 4.78 is 2.27. The van der Waals surface area contributed by atoms with Crippen molar-refractivity contribution in [3.8, 4) is 0 Å². The van der Waals surface area contributed by atoms with Gasteiger partial charge in [-0.25, -0.2) is 0 Å². The van der Waals surface area contributed by atoms with Gasteiger partial charge in [0.25, 0.3) is 0 Å². The molecule has 1 aromatic heterocycles. The quantitative estimate of drug-likeness (QED) is 0.819. The molecule has 4 rings (SSSR count). The average molecular weight is 316 g/mol. The lowest BCUT2D eigenvalue weighted by atomic mass is 9.64. The minimum absolute atomic E-state index is 0.630. The Morgan fingerprint density at radius 1 is 1.13 bits per heavy atom. The predicted octanol–water partition coefficient (Wildman–Crippen LogP) is 4.44. The molecule has 0 aromatic carbocycles. The fraction of sp³-hybridized carbons (Fsp3) is 0.850. The third-order valence-corrected chi connectivity index (χ3v) is 6.82. The molecule has 1 aromatic rings. The second-order valence-corrected chi connectivity index (χ2v) is 8.82. The molecule has 1 aliphatic heterocycles. The predicted molar refractivity (Wildman–Crippen MR) is 94.5 cm³/mol. The highest BCUT2D eigenvalue weighted by Crippen LogP contribution is 2.55. The van der Waals surface area contributed by atoms with Crippen LogP contribution in [0.15, 0.2) is 12.4 Å². The molecule has 0 N–H and O–H groups in total. The number of aromatic nitrogens is 2. The van der Waals surface area contributed by atoms with Gasteiger partial charge in [0.05, 0.1) is 12.2 Å². The van der Waals surface area contributed by atoms with Crippen LogP contribution in [0.5, 0.6) is 0 Å². The Bertz CT molecular complexity index is 521. The smallest absolute Gasteiger partial charge is 0.0543 e. The van der Waals surface area contributed by atoms with Crippen LogP contribution < -0.4 is 0 Å². The fourth-order valence-corrected chi connectivity index (χ4v) is 5.52. The molecular weight excluding hydrogens is 282 g/mol. The topological polar surface area (TPSA) is 21.1 Å². The standard InChI is InChI=1S/C20H33N3/c1-16(2)13-17-14-21-23(15-17)18-6-11-22(12-7-18)19-5-3-8-20(19)9-4-10-20/h14-16,18-19H,3-13H2,1-2H3. The number of nitrogens with zero attached hydrogens (tertiary/aromatic N) is 3. The van der Waals surface area contributed by atoms with Gasteiger partial charge in [-0.1, -0.05) is 26.7 Å². The maximum atomic E-state index is 4.67. The number of hydrogen-bond donors (Lipinski definition) is 0. The highest BCUT2D eigenvalue weighted by Gasteiger charge is 2.49. The molecule has 3 fully saturated rings. The molecule has 1 unspecified atom stereocenters. The molecular formula is C20H33N3. The van der Waals surface area contributed by atoms with Crippen LogP contribution in [0.3, 0.4) is 0 Å². The monoisotopic (exact) mass is 315 g/mol. The summed E-state index contributed by atoms with van der Waals surface area (Å²) in [6.07, 6.45) is 17.1. The van der Waals surface area contributed by atoms with E-state index in [1.807, 2.05) is 0 Å². The van der Waals surface area contributed by atoms with Gasteiger partial charge in [-0.2, -0.15) is 5.10 Å². The Morgan fingerprint density at radius 3 is 2.52 bits per heavy atom. The SMILES string of the molecule is CC(C)Cc1cnn(C2CCN(C3CCCC34CCC4)CC2)c1. The number of piperidine rings is 1. The van der Waals surface area contributed by atoms with Crippen molar-refractivity contribution in [3.63, 3.8) is 0 Å². The van der Waals surface area contributed by atoms with Crippen molar-refractivity contribution in [2.24, 2.45) is 11.3 Å². The molecule has 0 radical (unpaired) electrons. The largest absolute Gasteiger partial charge is 0.300 e. The molecule has 0 bridgehead atoms. The second kappa shape index (κ2) is 6.23. The number of hydrogen-bond acceptors (Lipinski definition) is 2. The molecule has 2 saturated carbocycles. The normalized spacial score (nSPS) is 28.6. The lowest BCUT2D eigenvalue weighted by Crippen LogP contribution is -2.50. The van der Waals surface area contributed by atoms with Gasteiger partial charge in [0.2, 0.25) is 0 Å². The van der Waals surface area contributed by atoms with Gasteiger partial charge in [-0.15, -0.1) is 0 Å². The van der Waals surface area contributed by atoms with Crippen molar-refractivity contribution in [2.75, 3.05) is 13.1 Å². The van der Waals surface area contributed by atoms with Crippen molar-refractivity contribution < 1.29 is 0 Å². The lowest BCUT2D eigenvalue weighted by molar-refractivity contribution is 0.00573. The molecule has 3 nitrogen and oxygen atoms in total. The number of likely N-dealkylation sites (tertiary alicyclic amines) is 1. The lowest BCUT2D eigenvalue weighted by Gasteiger charge is -2.49. The Balaban J connectivity index is 1.35. The highest BCUT2D eigenvalue weighted by atomic mass is 15.3. The van der Waals surface area contributed by atoms with Crippen molar-refractivity contribution >= 4 is 0 Å². The van der Waals surface area contributed by atoms with Crippen molar-refractivity contribution in [3.05, 3.63) is 18.0 Å². The molecule has 3 heteroatoms. The van der Waals surface area contributed by atoms with Gasteiger partial charge < -0.3 is 0 Å². The maximum Gasteiger partial charge on any atom is 0.0543 e. The van der Waals surface area contributed by atoms with E-state index in [2.05, 4.69) is 40.9 Å². The number of rotatable bonds is 4. The van der Waals surface area contributed by atoms with Crippen LogP contribution in [0.25, 0.3) is 0 Å². The Labute approximate surface area is 141 Å². The van der Waals surface area contributed by atoms with E-state index in [1.165, 1.54) is 70.0 Å². The fourth-order valence-electron chi connectivity index (χ4n) is 5.52. The van der Waals surface area contributed by atoms with Gasteiger partial charge >= 0.3 is 0 Å². The van der Waals surface area contributed by atoms with E-state index < -0.39 is 0 Å². The zero-order valence-corrected chi connectivity index (χ0v) is 15.0. The van der Waals surface area contributed by atoms with E-state index in [4.69, 9.17) is 0 Å². The van der Waals surface area contributed by atoms with Gasteiger partial charge in [0.1, 0.15) is 0 Å². The third kappa shape index (κ3) is 2.97. The van der Waals surface area contributed by atoms with Gasteiger partial charge in [0, 0.05) is 25.3 Å². The summed E-state index contributed by atoms with van der Waals surface area (Å²) in [5.41, 5.74) is 2.15. The molecule has 0 amide bonds. The molecule has 2 heterocycles. The van der Waals surface area contributed by atoms with Crippen LogP contribution in [0.2, 0.25) is 0 Å². The molecule has 23 heavy (non-hydrogen) atoms. The second-order valence-electron chi connectivity index (χ2n) is 8.82. The molecule has 3 aliphatic rings. The van der Waals surface area contributed by atoms with Crippen LogP contribution in [-0.2, 0) is 6.42 Å². The first-order chi connectivity index (χ1) is 11.2. The average Bonchev–Trinajstić information content (AvgIpc) is 3.13. The van der Waals surface area contributed by atoms with E-state index >= 15 is 0 Å². The molecule has 1 spiro atoms. The van der Waals surface area contributed by atoms with Crippen LogP contribution in [-0.4, -0.2) is 33.8 Å². The minimum atomic E-state index is 0.630. The van der Waals surface area contributed by atoms with E-state index in [9.17, 15) is 0 Å². The van der Waals surface area contributed by atoms with Gasteiger partial charge in [-0.05, 0) is 61.8 Å². The van der Waals surface area contributed by atoms with E-state index in [0.717, 1.165) is 23.8 Å². The molecule has 1 atom stereocenters. The first-order valence-corrected chi connectivity index (χ1v) is 9.93. The maximum absolute atomic E-state index is 4.67. The Morgan fingerprint density at radius 2 is 1.87 bits per heavy atom. The highest BCUT2D eigenvalue weighted by molar-refractivity contribution is 5.06. The van der Waals surface area contributed by atoms with E-state index in [1.54, 1.807) is 0 Å². The molecule has 2 aliphatic carbocycles. The van der Waals surface area contributed by atoms with Crippen LogP contribution in [0, 0.1) is 11.3 Å². The van der Waals surface area contributed by atoms with Crippen LogP contribution in [0.4, 0.5) is 0 Å². The first-order valence-electron chi connectivity index (χ1n) is 9.93. The molecule has 128 valence electrons. The van der Waals surface area contributed by atoms with Gasteiger partial charge in [0.15, 0.2) is 0 Å². The summed E-state index contributed by atoms with van der Waals surface area (Å²) >= 11 is 0. The van der Waals surface area contributed by atoms with Crippen molar-refractivity contribution in [2.45, 2.75) is 83.7 Å². The Kier molecular flexibility index (Phi) is 4.25. The zero-order chi connectivity index (χ0) is 15.9. The van der Waals surface area contributed by atoms with E-state index in [0.29, 0.717) is 6.04 Å². The first kappa shape index (κ1) is 15.7. The van der Waals surface area contributed by atoms with Crippen molar-refractivity contribution in [1.82, 2.24) is 14.7 Å². The van der Waals surface area contributed by atoms with Crippen LogP contribution in [0.1, 0.15) is 76.8 Å². The van der Waals surface area contributed by atoms with E-state index in [-0.39, 0.29) is 0 Å². The van der Waals surface area contributed by atoms with Gasteiger partial charge in [-0.3, -0.25) is 9.58 Å². The summed E-state index contributed by atoms with van der Waals surface area (Å²) in [7, 11) is 0. The van der Waals surface area contributed by atoms with Crippen molar-refractivity contribution in [1.29, 1.82) is 0 Å². The third-order valence-electron chi connectivity index (χ3n) is 6.82. The van der Waals surface area contributed by atoms with Crippen LogP contribution >= 0.6 is 0 Å². The summed E-state index contributed by atoms with van der Waals surface area (Å²) in [4.78, 5) is 2.85. The Hall–Kier alpha value is -0.830. The zero-order valence-electron chi connectivity index (χ0n) is 15.0.